The highest BCUT2D eigenvalue weighted by Gasteiger charge is 2.37. The number of hydrogen-bond donors (Lipinski definition) is 0. The summed E-state index contributed by atoms with van der Waals surface area (Å²) in [5, 5.41) is 8.05. The number of likely N-dealkylation sites (N-methyl/N-ethyl adjacent to an activating group) is 1. The molecule has 2 atom stereocenters. The summed E-state index contributed by atoms with van der Waals surface area (Å²) < 4.78 is 3.91. The molecule has 0 bridgehead atoms. The highest BCUT2D eigenvalue weighted by atomic mass is 16.2. The van der Waals surface area contributed by atoms with Crippen LogP contribution in [0.5, 0.6) is 0 Å². The van der Waals surface area contributed by atoms with E-state index in [1.54, 1.807) is 6.20 Å². The number of fused-ring (bicyclic) bond motifs is 1. The van der Waals surface area contributed by atoms with Gasteiger partial charge in [0.15, 0.2) is 0 Å². The lowest BCUT2D eigenvalue weighted by Gasteiger charge is -2.24. The molecule has 1 aromatic carbocycles. The van der Waals surface area contributed by atoms with Gasteiger partial charge in [0.1, 0.15) is 0 Å². The van der Waals surface area contributed by atoms with Crippen LogP contribution in [0, 0.1) is 0 Å². The van der Waals surface area contributed by atoms with E-state index in [-0.39, 0.29) is 18.0 Å². The van der Waals surface area contributed by atoms with Crippen molar-refractivity contribution in [1.29, 1.82) is 0 Å². The highest BCUT2D eigenvalue weighted by Crippen LogP contribution is 2.25. The topological polar surface area (TPSA) is 72.1 Å². The molecule has 0 unspecified atom stereocenters. The smallest absolute Gasteiger partial charge is 0.224 e. The van der Waals surface area contributed by atoms with Crippen molar-refractivity contribution in [2.45, 2.75) is 25.0 Å². The van der Waals surface area contributed by atoms with E-state index < -0.39 is 0 Å². The molecule has 0 spiro atoms. The average Bonchev–Trinajstić information content (AvgIpc) is 3.37. The molecule has 3 heterocycles. The van der Waals surface area contributed by atoms with Crippen molar-refractivity contribution >= 4 is 16.9 Å². The molecule has 1 fully saturated rings. The molecule has 26 heavy (non-hydrogen) atoms. The van der Waals surface area contributed by atoms with Crippen molar-refractivity contribution in [1.82, 2.24) is 34.3 Å². The molecule has 1 amide bonds. The summed E-state index contributed by atoms with van der Waals surface area (Å²) >= 11 is 0. The molecule has 0 saturated carbocycles. The van der Waals surface area contributed by atoms with E-state index in [1.165, 1.54) is 0 Å². The zero-order chi connectivity index (χ0) is 18.1. The largest absolute Gasteiger partial charge is 0.339 e. The lowest BCUT2D eigenvalue weighted by atomic mass is 10.1. The summed E-state index contributed by atoms with van der Waals surface area (Å²) in [5.41, 5.74) is 2.02. The standard InChI is InChI=1S/C18H23N7O/c1-22(2)16-11-24(12-17(16)25-10-8-20-21-25)18(26)7-9-23-13-19-14-5-3-4-6-15(14)23/h3-6,8,10,13,16-17H,7,9,11-12H2,1-2H3/t16-,17+/m1/s1. The van der Waals surface area contributed by atoms with Crippen LogP contribution in [0.1, 0.15) is 12.5 Å². The Hall–Kier alpha value is -2.74. The Morgan fingerprint density at radius 3 is 2.88 bits per heavy atom. The van der Waals surface area contributed by atoms with Crippen molar-refractivity contribution in [2.75, 3.05) is 27.2 Å². The van der Waals surface area contributed by atoms with Gasteiger partial charge >= 0.3 is 0 Å². The molecule has 0 radical (unpaired) electrons. The lowest BCUT2D eigenvalue weighted by Crippen LogP contribution is -2.37. The number of carbonyl (C=O) groups is 1. The fraction of sp³-hybridized carbons (Fsp3) is 0.444. The predicted molar refractivity (Wildman–Crippen MR) is 97.5 cm³/mol. The van der Waals surface area contributed by atoms with E-state index >= 15 is 0 Å². The number of amides is 1. The number of nitrogens with zero attached hydrogens (tertiary/aromatic N) is 7. The summed E-state index contributed by atoms with van der Waals surface area (Å²) in [6, 6.07) is 8.35. The van der Waals surface area contributed by atoms with Crippen LogP contribution < -0.4 is 0 Å². The fourth-order valence-corrected chi connectivity index (χ4v) is 3.70. The van der Waals surface area contributed by atoms with Crippen LogP contribution in [-0.2, 0) is 11.3 Å². The van der Waals surface area contributed by atoms with Gasteiger partial charge in [0.05, 0.1) is 35.6 Å². The van der Waals surface area contributed by atoms with E-state index in [9.17, 15) is 4.79 Å². The minimum absolute atomic E-state index is 0.130. The van der Waals surface area contributed by atoms with Crippen molar-refractivity contribution in [3.8, 4) is 0 Å². The van der Waals surface area contributed by atoms with Crippen molar-refractivity contribution < 1.29 is 4.79 Å². The Kier molecular flexibility index (Phi) is 4.42. The van der Waals surface area contributed by atoms with E-state index in [0.717, 1.165) is 11.0 Å². The lowest BCUT2D eigenvalue weighted by molar-refractivity contribution is -0.130. The Morgan fingerprint density at radius 2 is 2.12 bits per heavy atom. The molecule has 1 saturated heterocycles. The Morgan fingerprint density at radius 1 is 1.27 bits per heavy atom. The molecular weight excluding hydrogens is 330 g/mol. The number of aromatic nitrogens is 5. The van der Waals surface area contributed by atoms with Gasteiger partial charge in [-0.15, -0.1) is 5.10 Å². The molecule has 1 aliphatic heterocycles. The van der Waals surface area contributed by atoms with Crippen molar-refractivity contribution in [3.05, 3.63) is 43.0 Å². The minimum Gasteiger partial charge on any atom is -0.339 e. The van der Waals surface area contributed by atoms with Gasteiger partial charge < -0.3 is 14.4 Å². The van der Waals surface area contributed by atoms with Gasteiger partial charge in [-0.1, -0.05) is 17.3 Å². The number of carbonyl (C=O) groups excluding carboxylic acids is 1. The summed E-state index contributed by atoms with van der Waals surface area (Å²) in [7, 11) is 4.08. The molecule has 1 aliphatic rings. The molecule has 4 rings (SSSR count). The van der Waals surface area contributed by atoms with Gasteiger partial charge in [0, 0.05) is 32.3 Å². The van der Waals surface area contributed by atoms with Gasteiger partial charge in [-0.2, -0.15) is 0 Å². The predicted octanol–water partition coefficient (Wildman–Crippen LogP) is 1.03. The first-order valence-electron chi connectivity index (χ1n) is 8.83. The molecule has 0 N–H and O–H groups in total. The monoisotopic (exact) mass is 353 g/mol. The highest BCUT2D eigenvalue weighted by molar-refractivity contribution is 5.78. The average molecular weight is 353 g/mol. The van der Waals surface area contributed by atoms with E-state index in [2.05, 4.69) is 20.2 Å². The Bertz CT molecular complexity index is 886. The maximum Gasteiger partial charge on any atom is 0.224 e. The van der Waals surface area contributed by atoms with Crippen LogP contribution in [0.25, 0.3) is 11.0 Å². The van der Waals surface area contributed by atoms with Crippen LogP contribution in [0.15, 0.2) is 43.0 Å². The summed E-state index contributed by atoms with van der Waals surface area (Å²) in [4.78, 5) is 21.3. The zero-order valence-corrected chi connectivity index (χ0v) is 15.1. The van der Waals surface area contributed by atoms with Crippen molar-refractivity contribution in [2.24, 2.45) is 0 Å². The van der Waals surface area contributed by atoms with Crippen LogP contribution >= 0.6 is 0 Å². The Labute approximate surface area is 152 Å². The summed E-state index contributed by atoms with van der Waals surface area (Å²) in [6.07, 6.45) is 5.82. The van der Waals surface area contributed by atoms with Crippen LogP contribution in [0.2, 0.25) is 0 Å². The Balaban J connectivity index is 1.43. The second-order valence-electron chi connectivity index (χ2n) is 6.96. The number of hydrogen-bond acceptors (Lipinski definition) is 5. The van der Waals surface area contributed by atoms with E-state index in [4.69, 9.17) is 0 Å². The molecule has 3 aromatic rings. The third-order valence-electron chi connectivity index (χ3n) is 5.15. The van der Waals surface area contributed by atoms with E-state index in [1.807, 2.05) is 65.0 Å². The fourth-order valence-electron chi connectivity index (χ4n) is 3.70. The van der Waals surface area contributed by atoms with Gasteiger partial charge in [-0.05, 0) is 26.2 Å². The van der Waals surface area contributed by atoms with Crippen LogP contribution in [0.3, 0.4) is 0 Å². The molecule has 0 aliphatic carbocycles. The van der Waals surface area contributed by atoms with Gasteiger partial charge in [0.2, 0.25) is 5.91 Å². The number of imidazole rings is 1. The second-order valence-corrected chi connectivity index (χ2v) is 6.96. The number of aryl methyl sites for hydroxylation is 1. The summed E-state index contributed by atoms with van der Waals surface area (Å²) in [5.74, 6) is 0.164. The first-order chi connectivity index (χ1) is 12.6. The minimum atomic E-state index is 0.130. The first kappa shape index (κ1) is 16.7. The number of para-hydroxylation sites is 2. The summed E-state index contributed by atoms with van der Waals surface area (Å²) in [6.45, 7) is 2.01. The van der Waals surface area contributed by atoms with Crippen molar-refractivity contribution in [3.63, 3.8) is 0 Å². The SMILES string of the molecule is CN(C)[C@@H]1CN(C(=O)CCn2cnc3ccccc32)C[C@@H]1n1ccnn1. The third kappa shape index (κ3) is 3.08. The van der Waals surface area contributed by atoms with Gasteiger partial charge in [-0.3, -0.25) is 4.79 Å². The maximum atomic E-state index is 12.8. The normalized spacial score (nSPS) is 20.3. The first-order valence-corrected chi connectivity index (χ1v) is 8.83. The second kappa shape index (κ2) is 6.87. The molecule has 8 heteroatoms. The molecule has 8 nitrogen and oxygen atoms in total. The van der Waals surface area contributed by atoms with Crippen LogP contribution in [-0.4, -0.2) is 73.5 Å². The number of rotatable bonds is 5. The quantitative estimate of drug-likeness (QED) is 0.685. The van der Waals surface area contributed by atoms with E-state index in [0.29, 0.717) is 26.1 Å². The third-order valence-corrected chi connectivity index (χ3v) is 5.15. The maximum absolute atomic E-state index is 12.8. The number of likely N-dealkylation sites (tertiary alicyclic amines) is 1. The van der Waals surface area contributed by atoms with Crippen LogP contribution in [0.4, 0.5) is 0 Å². The zero-order valence-electron chi connectivity index (χ0n) is 15.1. The number of benzene rings is 1. The molecular formula is C18H23N7O. The molecule has 136 valence electrons. The molecule has 2 aromatic heterocycles. The van der Waals surface area contributed by atoms with Gasteiger partial charge in [0.25, 0.3) is 0 Å². The van der Waals surface area contributed by atoms with Gasteiger partial charge in [-0.25, -0.2) is 9.67 Å².